The zero-order valence-corrected chi connectivity index (χ0v) is 16.1. The van der Waals surface area contributed by atoms with Crippen LogP contribution in [0, 0.1) is 0 Å². The van der Waals surface area contributed by atoms with Crippen LogP contribution in [0.4, 0.5) is 5.69 Å². The Morgan fingerprint density at radius 2 is 2.04 bits per heavy atom. The van der Waals surface area contributed by atoms with Gasteiger partial charge in [0.25, 0.3) is 0 Å². The van der Waals surface area contributed by atoms with Gasteiger partial charge in [0.2, 0.25) is 0 Å². The highest BCUT2D eigenvalue weighted by Gasteiger charge is 2.09. The van der Waals surface area contributed by atoms with Crippen molar-refractivity contribution < 1.29 is 14.0 Å². The fraction of sp³-hybridized carbons (Fsp3) is 0.474. The van der Waals surface area contributed by atoms with Gasteiger partial charge >= 0.3 is 0 Å². The molecule has 1 aromatic carbocycles. The van der Waals surface area contributed by atoms with Crippen molar-refractivity contribution in [2.45, 2.75) is 40.2 Å². The highest BCUT2D eigenvalue weighted by molar-refractivity contribution is 5.93. The third-order valence-corrected chi connectivity index (χ3v) is 3.63. The molecule has 2 aromatic rings. The molecule has 0 bridgehead atoms. The third-order valence-electron chi connectivity index (χ3n) is 3.63. The van der Waals surface area contributed by atoms with E-state index in [4.69, 9.17) is 14.0 Å². The molecule has 2 rings (SSSR count). The Kier molecular flexibility index (Phi) is 7.32. The predicted molar refractivity (Wildman–Crippen MR) is 103 cm³/mol. The van der Waals surface area contributed by atoms with Crippen molar-refractivity contribution in [1.82, 2.24) is 10.5 Å². The van der Waals surface area contributed by atoms with Crippen LogP contribution in [0.2, 0.25) is 0 Å². The van der Waals surface area contributed by atoms with Gasteiger partial charge < -0.3 is 24.6 Å². The van der Waals surface area contributed by atoms with Crippen LogP contribution in [0.3, 0.4) is 0 Å². The number of rotatable bonds is 8. The first-order valence-corrected chi connectivity index (χ1v) is 8.89. The van der Waals surface area contributed by atoms with Gasteiger partial charge in [0.1, 0.15) is 6.54 Å². The van der Waals surface area contributed by atoms with Gasteiger partial charge in [0, 0.05) is 24.4 Å². The molecule has 0 radical (unpaired) electrons. The number of aromatic nitrogens is 1. The van der Waals surface area contributed by atoms with Crippen LogP contribution in [0.15, 0.2) is 33.8 Å². The van der Waals surface area contributed by atoms with Gasteiger partial charge in [-0.25, -0.2) is 4.99 Å². The zero-order chi connectivity index (χ0) is 18.9. The molecule has 7 nitrogen and oxygen atoms in total. The topological polar surface area (TPSA) is 80.9 Å². The lowest BCUT2D eigenvalue weighted by molar-refractivity contribution is 0.311. The minimum absolute atomic E-state index is 0.333. The van der Waals surface area contributed by atoms with Crippen molar-refractivity contribution >= 4 is 11.6 Å². The number of anilines is 1. The Morgan fingerprint density at radius 1 is 1.23 bits per heavy atom. The Balaban J connectivity index is 2.12. The average Bonchev–Trinajstić information content (AvgIpc) is 3.10. The molecule has 0 atom stereocenters. The van der Waals surface area contributed by atoms with Crippen molar-refractivity contribution in [1.29, 1.82) is 0 Å². The summed E-state index contributed by atoms with van der Waals surface area (Å²) in [6.45, 7) is 9.83. The van der Waals surface area contributed by atoms with Crippen LogP contribution in [-0.2, 0) is 6.54 Å². The molecule has 0 spiro atoms. The average molecular weight is 360 g/mol. The molecular formula is C19H28N4O3. The zero-order valence-electron chi connectivity index (χ0n) is 16.1. The smallest absolute Gasteiger partial charge is 0.196 e. The van der Waals surface area contributed by atoms with Crippen LogP contribution in [0.25, 0.3) is 0 Å². The molecule has 0 aliphatic heterocycles. The molecule has 0 unspecified atom stereocenters. The molecule has 142 valence electrons. The van der Waals surface area contributed by atoms with E-state index in [1.807, 2.05) is 38.1 Å². The first-order valence-electron chi connectivity index (χ1n) is 8.89. The first kappa shape index (κ1) is 19.6. The second-order valence-electron chi connectivity index (χ2n) is 5.99. The maximum atomic E-state index is 5.62. The molecule has 26 heavy (non-hydrogen) atoms. The minimum atomic E-state index is 0.333. The summed E-state index contributed by atoms with van der Waals surface area (Å²) in [7, 11) is 1.62. The molecule has 0 aliphatic carbocycles. The van der Waals surface area contributed by atoms with E-state index in [1.165, 1.54) is 0 Å². The summed E-state index contributed by atoms with van der Waals surface area (Å²) >= 11 is 0. The van der Waals surface area contributed by atoms with Gasteiger partial charge in [-0.3, -0.25) is 0 Å². The fourth-order valence-electron chi connectivity index (χ4n) is 2.30. The van der Waals surface area contributed by atoms with E-state index in [0.29, 0.717) is 36.5 Å². The van der Waals surface area contributed by atoms with Crippen molar-refractivity contribution in [3.8, 4) is 11.5 Å². The summed E-state index contributed by atoms with van der Waals surface area (Å²) < 4.78 is 16.3. The second-order valence-corrected chi connectivity index (χ2v) is 5.99. The molecule has 0 fully saturated rings. The Morgan fingerprint density at radius 3 is 2.65 bits per heavy atom. The van der Waals surface area contributed by atoms with E-state index in [9.17, 15) is 0 Å². The summed E-state index contributed by atoms with van der Waals surface area (Å²) in [5.41, 5.74) is 1.79. The molecule has 1 heterocycles. The number of methoxy groups -OCH3 is 1. The van der Waals surface area contributed by atoms with Crippen molar-refractivity contribution in [3.05, 3.63) is 35.7 Å². The SMILES string of the molecule is CCNC(=NCc1cc(C(C)C)no1)Nc1ccc(OC)c(OCC)c1. The molecule has 0 saturated heterocycles. The lowest BCUT2D eigenvalue weighted by Gasteiger charge is -2.14. The molecule has 0 amide bonds. The number of ether oxygens (including phenoxy) is 2. The van der Waals surface area contributed by atoms with Gasteiger partial charge in [0.15, 0.2) is 23.2 Å². The number of aliphatic imine (C=N–C) groups is 1. The molecule has 7 heteroatoms. The molecular weight excluding hydrogens is 332 g/mol. The summed E-state index contributed by atoms with van der Waals surface area (Å²) in [6.07, 6.45) is 0. The number of hydrogen-bond acceptors (Lipinski definition) is 5. The third kappa shape index (κ3) is 5.40. The molecule has 0 aliphatic rings. The Labute approximate surface area is 154 Å². The van der Waals surface area contributed by atoms with Crippen molar-refractivity contribution in [2.24, 2.45) is 4.99 Å². The van der Waals surface area contributed by atoms with E-state index in [-0.39, 0.29) is 0 Å². The summed E-state index contributed by atoms with van der Waals surface area (Å²) in [5.74, 6) is 3.10. The Hall–Kier alpha value is -2.70. The van der Waals surface area contributed by atoms with E-state index in [1.54, 1.807) is 7.11 Å². The highest BCUT2D eigenvalue weighted by atomic mass is 16.5. The Bertz CT molecular complexity index is 725. The standard InChI is InChI=1S/C19H28N4O3/c1-6-20-19(21-12-15-11-16(13(3)4)23-26-15)22-14-8-9-17(24-5)18(10-14)25-7-2/h8-11,13H,6-7,12H2,1-5H3,(H2,20,21,22). The maximum absolute atomic E-state index is 5.62. The number of nitrogens with zero attached hydrogens (tertiary/aromatic N) is 2. The molecule has 0 saturated carbocycles. The van der Waals surface area contributed by atoms with Gasteiger partial charge in [-0.2, -0.15) is 0 Å². The number of guanidine groups is 1. The van der Waals surface area contributed by atoms with Crippen molar-refractivity contribution in [2.75, 3.05) is 25.6 Å². The van der Waals surface area contributed by atoms with E-state index >= 15 is 0 Å². The lowest BCUT2D eigenvalue weighted by Crippen LogP contribution is -2.30. The predicted octanol–water partition coefficient (Wildman–Crippen LogP) is 3.78. The second kappa shape index (κ2) is 9.70. The lowest BCUT2D eigenvalue weighted by atomic mass is 10.1. The number of nitrogens with one attached hydrogen (secondary N) is 2. The van der Waals surface area contributed by atoms with Gasteiger partial charge in [0.05, 0.1) is 19.4 Å². The number of benzene rings is 1. The fourth-order valence-corrected chi connectivity index (χ4v) is 2.30. The van der Waals surface area contributed by atoms with Gasteiger partial charge in [-0.15, -0.1) is 0 Å². The molecule has 2 N–H and O–H groups in total. The summed E-state index contributed by atoms with van der Waals surface area (Å²) in [6, 6.07) is 7.61. The highest BCUT2D eigenvalue weighted by Crippen LogP contribution is 2.30. The van der Waals surface area contributed by atoms with Gasteiger partial charge in [-0.05, 0) is 31.9 Å². The number of hydrogen-bond donors (Lipinski definition) is 2. The van der Waals surface area contributed by atoms with E-state index < -0.39 is 0 Å². The largest absolute Gasteiger partial charge is 0.493 e. The molecule has 1 aromatic heterocycles. The van der Waals surface area contributed by atoms with Crippen LogP contribution in [0.1, 0.15) is 45.1 Å². The normalized spacial score (nSPS) is 11.5. The minimum Gasteiger partial charge on any atom is -0.493 e. The monoisotopic (exact) mass is 360 g/mol. The quantitative estimate of drug-likeness (QED) is 0.551. The summed E-state index contributed by atoms with van der Waals surface area (Å²) in [5, 5.41) is 10.5. The van der Waals surface area contributed by atoms with Crippen LogP contribution in [-0.4, -0.2) is 31.4 Å². The van der Waals surface area contributed by atoms with E-state index in [2.05, 4.69) is 34.6 Å². The summed E-state index contributed by atoms with van der Waals surface area (Å²) in [4.78, 5) is 4.56. The van der Waals surface area contributed by atoms with Crippen LogP contribution < -0.4 is 20.1 Å². The first-order chi connectivity index (χ1) is 12.6. The maximum Gasteiger partial charge on any atom is 0.196 e. The van der Waals surface area contributed by atoms with E-state index in [0.717, 1.165) is 23.7 Å². The van der Waals surface area contributed by atoms with Crippen LogP contribution in [0.5, 0.6) is 11.5 Å². The van der Waals surface area contributed by atoms with Crippen LogP contribution >= 0.6 is 0 Å². The van der Waals surface area contributed by atoms with Gasteiger partial charge in [-0.1, -0.05) is 19.0 Å². The van der Waals surface area contributed by atoms with Crippen molar-refractivity contribution in [3.63, 3.8) is 0 Å².